The fourth-order valence-electron chi connectivity index (χ4n) is 6.94. The van der Waals surface area contributed by atoms with Gasteiger partial charge < -0.3 is 9.84 Å². The highest BCUT2D eigenvalue weighted by Crippen LogP contribution is 2.68. The third-order valence-corrected chi connectivity index (χ3v) is 8.00. The van der Waals surface area contributed by atoms with E-state index in [1.54, 1.807) is 0 Å². The van der Waals surface area contributed by atoms with Gasteiger partial charge in [-0.2, -0.15) is 5.26 Å². The Kier molecular flexibility index (Phi) is 5.23. The molecule has 4 heteroatoms. The van der Waals surface area contributed by atoms with Crippen LogP contribution in [0.25, 0.3) is 0 Å². The van der Waals surface area contributed by atoms with E-state index >= 15 is 0 Å². The van der Waals surface area contributed by atoms with Gasteiger partial charge in [0.05, 0.1) is 18.1 Å². The zero-order valence-corrected chi connectivity index (χ0v) is 16.5. The normalized spacial score (nSPS) is 42.0. The summed E-state index contributed by atoms with van der Waals surface area (Å²) in [6.45, 7) is 6.61. The largest absolute Gasteiger partial charge is 0.463 e. The highest BCUT2D eigenvalue weighted by Gasteiger charge is 2.62. The minimum atomic E-state index is -0.475. The van der Waals surface area contributed by atoms with Gasteiger partial charge in [-0.3, -0.25) is 4.79 Å². The number of nitriles is 1. The van der Waals surface area contributed by atoms with Gasteiger partial charge in [-0.05, 0) is 75.0 Å². The molecular weight excluding hydrogens is 326 g/mol. The highest BCUT2D eigenvalue weighted by molar-refractivity contribution is 5.77. The first-order valence-corrected chi connectivity index (χ1v) is 10.1. The zero-order valence-electron chi connectivity index (χ0n) is 16.5. The first-order valence-electron chi connectivity index (χ1n) is 10.1. The lowest BCUT2D eigenvalue weighted by atomic mass is 9.40. The van der Waals surface area contributed by atoms with Crippen molar-refractivity contribution in [1.29, 1.82) is 5.26 Å². The Bertz CT molecular complexity index is 636. The number of esters is 1. The van der Waals surface area contributed by atoms with Gasteiger partial charge in [-0.1, -0.05) is 25.0 Å². The summed E-state index contributed by atoms with van der Waals surface area (Å²) in [4.78, 5) is 12.9. The van der Waals surface area contributed by atoms with Crippen molar-refractivity contribution in [3.63, 3.8) is 0 Å². The van der Waals surface area contributed by atoms with Crippen LogP contribution in [0.3, 0.4) is 0 Å². The van der Waals surface area contributed by atoms with E-state index in [0.717, 1.165) is 44.9 Å². The van der Waals surface area contributed by atoms with E-state index in [1.807, 2.05) is 0 Å². The molecule has 0 aromatic rings. The van der Waals surface area contributed by atoms with Crippen molar-refractivity contribution in [2.45, 2.75) is 72.1 Å². The molecule has 0 heterocycles. The summed E-state index contributed by atoms with van der Waals surface area (Å²) in [5.41, 5.74) is 1.08. The van der Waals surface area contributed by atoms with Crippen LogP contribution in [0.2, 0.25) is 0 Å². The van der Waals surface area contributed by atoms with Crippen LogP contribution in [0.4, 0.5) is 0 Å². The van der Waals surface area contributed by atoms with Crippen molar-refractivity contribution in [2.75, 3.05) is 13.2 Å². The first kappa shape index (κ1) is 19.4. The average Bonchev–Trinajstić information content (AvgIpc) is 2.59. The molecule has 144 valence electrons. The highest BCUT2D eigenvalue weighted by atomic mass is 16.5. The monoisotopic (exact) mass is 359 g/mol. The molecule has 0 aromatic carbocycles. The van der Waals surface area contributed by atoms with E-state index in [2.05, 4.69) is 32.9 Å². The van der Waals surface area contributed by atoms with Crippen LogP contribution in [0.1, 0.15) is 72.1 Å². The lowest BCUT2D eigenvalue weighted by Crippen LogP contribution is -2.58. The molecule has 0 spiro atoms. The van der Waals surface area contributed by atoms with Gasteiger partial charge in [0.25, 0.3) is 0 Å². The summed E-state index contributed by atoms with van der Waals surface area (Å²) in [5.74, 6) is 0.610. The number of aliphatic hydroxyl groups excluding tert-OH is 1. The van der Waals surface area contributed by atoms with Crippen LogP contribution in [0.5, 0.6) is 0 Å². The lowest BCUT2D eigenvalue weighted by Gasteiger charge is -2.63. The van der Waals surface area contributed by atoms with Crippen molar-refractivity contribution < 1.29 is 14.6 Å². The van der Waals surface area contributed by atoms with Crippen molar-refractivity contribution in [3.8, 4) is 6.07 Å². The number of aliphatic hydroxyl groups is 1. The fraction of sp³-hybridized carbons (Fsp3) is 0.818. The molecule has 2 fully saturated rings. The molecule has 2 saturated carbocycles. The Hall–Kier alpha value is -1.34. The van der Waals surface area contributed by atoms with Crippen molar-refractivity contribution in [2.24, 2.45) is 28.1 Å². The van der Waals surface area contributed by atoms with Crippen LogP contribution >= 0.6 is 0 Å². The number of hydrogen-bond acceptors (Lipinski definition) is 4. The maximum atomic E-state index is 12.9. The van der Waals surface area contributed by atoms with E-state index in [0.29, 0.717) is 18.3 Å². The summed E-state index contributed by atoms with van der Waals surface area (Å²) in [5, 5.41) is 18.6. The maximum Gasteiger partial charge on any atom is 0.312 e. The zero-order chi connectivity index (χ0) is 19.0. The molecule has 4 nitrogen and oxygen atoms in total. The average molecular weight is 360 g/mol. The Balaban J connectivity index is 1.96. The summed E-state index contributed by atoms with van der Waals surface area (Å²) in [7, 11) is 0. The molecule has 3 aliphatic rings. The van der Waals surface area contributed by atoms with Gasteiger partial charge in [-0.25, -0.2) is 0 Å². The number of carbonyl (C=O) groups excluding carboxylic acids is 1. The summed E-state index contributed by atoms with van der Waals surface area (Å²) < 4.78 is 5.40. The molecule has 0 unspecified atom stereocenters. The predicted molar refractivity (Wildman–Crippen MR) is 100.0 cm³/mol. The minimum absolute atomic E-state index is 0.0670. The van der Waals surface area contributed by atoms with E-state index in [-0.39, 0.29) is 30.0 Å². The van der Waals surface area contributed by atoms with E-state index in [4.69, 9.17) is 9.84 Å². The maximum absolute atomic E-state index is 12.9. The number of rotatable bonds is 4. The smallest absolute Gasteiger partial charge is 0.312 e. The molecule has 5 atom stereocenters. The van der Waals surface area contributed by atoms with Gasteiger partial charge in [0.15, 0.2) is 0 Å². The van der Waals surface area contributed by atoms with E-state index in [1.165, 1.54) is 5.57 Å². The quantitative estimate of drug-likeness (QED) is 0.597. The Labute approximate surface area is 157 Å². The Morgan fingerprint density at radius 2 is 2.12 bits per heavy atom. The van der Waals surface area contributed by atoms with Crippen molar-refractivity contribution >= 4 is 5.97 Å². The van der Waals surface area contributed by atoms with Crippen LogP contribution in [-0.2, 0) is 9.53 Å². The molecule has 0 aliphatic heterocycles. The van der Waals surface area contributed by atoms with Crippen molar-refractivity contribution in [3.05, 3.63) is 11.6 Å². The van der Waals surface area contributed by atoms with Gasteiger partial charge >= 0.3 is 5.97 Å². The van der Waals surface area contributed by atoms with Gasteiger partial charge in [0, 0.05) is 6.42 Å². The second-order valence-corrected chi connectivity index (χ2v) is 9.44. The van der Waals surface area contributed by atoms with Crippen LogP contribution < -0.4 is 0 Å². The molecule has 0 radical (unpaired) electrons. The van der Waals surface area contributed by atoms with Crippen LogP contribution in [-0.4, -0.2) is 24.3 Å². The fourth-order valence-corrected chi connectivity index (χ4v) is 6.94. The molecule has 1 N–H and O–H groups in total. The van der Waals surface area contributed by atoms with Gasteiger partial charge in [0.1, 0.15) is 6.61 Å². The number of hydrogen-bond donors (Lipinski definition) is 1. The Morgan fingerprint density at radius 1 is 1.35 bits per heavy atom. The number of allylic oxidation sites excluding steroid dienone is 2. The number of fused-ring (bicyclic) bond motifs is 3. The molecule has 0 aromatic heterocycles. The second-order valence-electron chi connectivity index (χ2n) is 9.44. The Morgan fingerprint density at radius 3 is 2.81 bits per heavy atom. The lowest BCUT2D eigenvalue weighted by molar-refractivity contribution is -0.184. The van der Waals surface area contributed by atoms with Gasteiger partial charge in [-0.15, -0.1) is 0 Å². The summed E-state index contributed by atoms with van der Waals surface area (Å²) >= 11 is 0. The van der Waals surface area contributed by atoms with Gasteiger partial charge in [0.2, 0.25) is 0 Å². The number of ether oxygens (including phenoxy) is 1. The molecule has 3 aliphatic carbocycles. The second kappa shape index (κ2) is 7.00. The summed E-state index contributed by atoms with van der Waals surface area (Å²) in [6.07, 6.45) is 10.1. The predicted octanol–water partition coefficient (Wildman–Crippen LogP) is 4.38. The molecule has 0 amide bonds. The third kappa shape index (κ3) is 2.89. The topological polar surface area (TPSA) is 70.3 Å². The van der Waals surface area contributed by atoms with Crippen molar-refractivity contribution in [1.82, 2.24) is 0 Å². The minimum Gasteiger partial charge on any atom is -0.463 e. The number of nitrogens with zero attached hydrogens (tertiary/aromatic N) is 1. The van der Waals surface area contributed by atoms with Crippen LogP contribution in [0, 0.1) is 39.4 Å². The summed E-state index contributed by atoms with van der Waals surface area (Å²) in [6, 6.07) is 2.49. The third-order valence-electron chi connectivity index (χ3n) is 8.00. The SMILES string of the molecule is CC1=CC[C@H]2[C@@](CC#N)(CC[C@@H]3[C@]2(C)CCC[C@]3(C)C(=O)OCCO)C1. The van der Waals surface area contributed by atoms with Crippen LogP contribution in [0.15, 0.2) is 11.6 Å². The molecular formula is C22H33NO3. The number of carbonyl (C=O) groups is 1. The van der Waals surface area contributed by atoms with E-state index in [9.17, 15) is 10.1 Å². The first-order chi connectivity index (χ1) is 12.3. The molecule has 0 saturated heterocycles. The standard InChI is InChI=1S/C22H33NO3/c1-16-5-6-18-20(2)8-4-9-21(3,19(25)26-14-13-24)17(20)7-10-22(18,15-16)11-12-23/h5,17-18,24H,4,6-11,13-15H2,1-3H3/t17-,18-,20+,21+,22-/m1/s1. The van der Waals surface area contributed by atoms with E-state index < -0.39 is 5.41 Å². The molecule has 26 heavy (non-hydrogen) atoms. The molecule has 0 bridgehead atoms. The molecule has 3 rings (SSSR count).